The van der Waals surface area contributed by atoms with E-state index in [1.807, 2.05) is 13.0 Å². The zero-order chi connectivity index (χ0) is 23.7. The van der Waals surface area contributed by atoms with Crippen LogP contribution in [0.1, 0.15) is 65.5 Å². The van der Waals surface area contributed by atoms with Crippen molar-refractivity contribution >= 4 is 27.5 Å². The number of carbonyl (C=O) groups excluding carboxylic acids is 2. The molecule has 2 aromatic carbocycles. The molecule has 1 fully saturated rings. The van der Waals surface area contributed by atoms with Gasteiger partial charge in [0, 0.05) is 24.2 Å². The van der Waals surface area contributed by atoms with Crippen LogP contribution in [-0.2, 0) is 10.0 Å². The summed E-state index contributed by atoms with van der Waals surface area (Å²) in [5.41, 5.74) is 1.88. The first kappa shape index (κ1) is 23.9. The highest BCUT2D eigenvalue weighted by molar-refractivity contribution is 7.89. The van der Waals surface area contributed by atoms with Gasteiger partial charge in [-0.3, -0.25) is 9.59 Å². The summed E-state index contributed by atoms with van der Waals surface area (Å²) in [4.78, 5) is 28.0. The molecule has 1 saturated heterocycles. The second kappa shape index (κ2) is 9.03. The number of likely N-dealkylation sites (tertiary alicyclic amines) is 1. The number of para-hydroxylation sites is 1. The Bertz CT molecular complexity index is 1140. The van der Waals surface area contributed by atoms with Crippen molar-refractivity contribution in [3.05, 3.63) is 58.7 Å². The van der Waals surface area contributed by atoms with Crippen LogP contribution < -0.4 is 10.0 Å². The SMILES string of the molecule is Cc1ccc(S(=O)(=O)NC(C)(C)C)cc1C(=O)Nc1c(C)cccc1C(=O)N1CCCC1. The monoisotopic (exact) mass is 457 g/mol. The number of anilines is 1. The smallest absolute Gasteiger partial charge is 0.256 e. The molecule has 0 spiro atoms. The van der Waals surface area contributed by atoms with Crippen molar-refractivity contribution < 1.29 is 18.0 Å². The van der Waals surface area contributed by atoms with Crippen molar-refractivity contribution in [2.45, 2.75) is 57.9 Å². The minimum absolute atomic E-state index is 0.0151. The third kappa shape index (κ3) is 5.37. The fourth-order valence-corrected chi connectivity index (χ4v) is 5.20. The minimum Gasteiger partial charge on any atom is -0.339 e. The van der Waals surface area contributed by atoms with Crippen LogP contribution in [-0.4, -0.2) is 43.8 Å². The molecule has 2 N–H and O–H groups in total. The largest absolute Gasteiger partial charge is 0.339 e. The van der Waals surface area contributed by atoms with Crippen molar-refractivity contribution in [2.24, 2.45) is 0 Å². The van der Waals surface area contributed by atoms with Crippen molar-refractivity contribution in [2.75, 3.05) is 18.4 Å². The molecule has 0 atom stereocenters. The molecular formula is C24H31N3O4S. The van der Waals surface area contributed by atoms with E-state index in [-0.39, 0.29) is 16.4 Å². The molecule has 0 unspecified atom stereocenters. The summed E-state index contributed by atoms with van der Waals surface area (Å²) in [6, 6.07) is 9.81. The predicted octanol–water partition coefficient (Wildman–Crippen LogP) is 3.87. The van der Waals surface area contributed by atoms with Gasteiger partial charge in [0.1, 0.15) is 0 Å². The number of carbonyl (C=O) groups is 2. The van der Waals surface area contributed by atoms with Crippen LogP contribution in [0.15, 0.2) is 41.3 Å². The predicted molar refractivity (Wildman–Crippen MR) is 126 cm³/mol. The normalized spacial score (nSPS) is 14.5. The molecule has 32 heavy (non-hydrogen) atoms. The van der Waals surface area contributed by atoms with E-state index in [4.69, 9.17) is 0 Å². The van der Waals surface area contributed by atoms with Gasteiger partial charge in [0.05, 0.1) is 16.1 Å². The summed E-state index contributed by atoms with van der Waals surface area (Å²) in [5, 5.41) is 2.87. The molecule has 1 heterocycles. The Morgan fingerprint density at radius 1 is 0.938 bits per heavy atom. The second-order valence-electron chi connectivity index (χ2n) is 9.28. The summed E-state index contributed by atoms with van der Waals surface area (Å²) in [7, 11) is -3.80. The average Bonchev–Trinajstić information content (AvgIpc) is 3.22. The standard InChI is InChI=1S/C24H31N3O4S/c1-16-11-12-18(32(30,31)26-24(3,4)5)15-20(16)22(28)25-21-17(2)9-8-10-19(21)23(29)27-13-6-7-14-27/h8-12,15,26H,6-7,13-14H2,1-5H3,(H,25,28). The molecule has 0 aliphatic carbocycles. The fraction of sp³-hybridized carbons (Fsp3) is 0.417. The van der Waals surface area contributed by atoms with Gasteiger partial charge in [-0.15, -0.1) is 0 Å². The third-order valence-corrected chi connectivity index (χ3v) is 7.10. The summed E-state index contributed by atoms with van der Waals surface area (Å²) < 4.78 is 28.1. The van der Waals surface area contributed by atoms with E-state index in [0.29, 0.717) is 29.9 Å². The Kier molecular flexibility index (Phi) is 6.76. The Morgan fingerprint density at radius 3 is 2.22 bits per heavy atom. The molecule has 1 aliphatic rings. The summed E-state index contributed by atoms with van der Waals surface area (Å²) in [5.74, 6) is -0.566. The van der Waals surface area contributed by atoms with Gasteiger partial charge >= 0.3 is 0 Å². The van der Waals surface area contributed by atoms with Crippen molar-refractivity contribution in [1.29, 1.82) is 0 Å². The maximum atomic E-state index is 13.2. The lowest BCUT2D eigenvalue weighted by Gasteiger charge is -2.21. The average molecular weight is 458 g/mol. The number of amides is 2. The van der Waals surface area contributed by atoms with Gasteiger partial charge in [-0.1, -0.05) is 18.2 Å². The molecule has 0 saturated carbocycles. The third-order valence-electron chi connectivity index (χ3n) is 5.34. The highest BCUT2D eigenvalue weighted by Gasteiger charge is 2.26. The van der Waals surface area contributed by atoms with Crippen LogP contribution in [0, 0.1) is 13.8 Å². The topological polar surface area (TPSA) is 95.6 Å². The van der Waals surface area contributed by atoms with Gasteiger partial charge in [-0.2, -0.15) is 0 Å². The molecule has 0 radical (unpaired) electrons. The highest BCUT2D eigenvalue weighted by atomic mass is 32.2. The zero-order valence-electron chi connectivity index (χ0n) is 19.3. The quantitative estimate of drug-likeness (QED) is 0.712. The molecule has 3 rings (SSSR count). The van der Waals surface area contributed by atoms with E-state index in [1.54, 1.807) is 50.8 Å². The van der Waals surface area contributed by atoms with Crippen molar-refractivity contribution in [1.82, 2.24) is 9.62 Å². The molecule has 1 aliphatic heterocycles. The Labute approximate surface area is 190 Å². The number of aryl methyl sites for hydroxylation is 2. The number of nitrogens with zero attached hydrogens (tertiary/aromatic N) is 1. The Balaban J connectivity index is 1.94. The molecular weight excluding hydrogens is 426 g/mol. The van der Waals surface area contributed by atoms with Crippen molar-refractivity contribution in [3.63, 3.8) is 0 Å². The van der Waals surface area contributed by atoms with Gasteiger partial charge in [0.15, 0.2) is 0 Å². The number of rotatable bonds is 5. The molecule has 0 aromatic heterocycles. The maximum absolute atomic E-state index is 13.2. The lowest BCUT2D eigenvalue weighted by atomic mass is 10.0. The van der Waals surface area contributed by atoms with Crippen LogP contribution in [0.5, 0.6) is 0 Å². The van der Waals surface area contributed by atoms with E-state index >= 15 is 0 Å². The summed E-state index contributed by atoms with van der Waals surface area (Å²) >= 11 is 0. The number of nitrogens with one attached hydrogen (secondary N) is 2. The maximum Gasteiger partial charge on any atom is 0.256 e. The first-order valence-electron chi connectivity index (χ1n) is 10.7. The molecule has 8 heteroatoms. The van der Waals surface area contributed by atoms with Crippen LogP contribution in [0.4, 0.5) is 5.69 Å². The van der Waals surface area contributed by atoms with E-state index in [0.717, 1.165) is 18.4 Å². The summed E-state index contributed by atoms with van der Waals surface area (Å²) in [6.45, 7) is 10.3. The van der Waals surface area contributed by atoms with Crippen LogP contribution >= 0.6 is 0 Å². The number of benzene rings is 2. The van der Waals surface area contributed by atoms with Gasteiger partial charge in [-0.25, -0.2) is 13.1 Å². The molecule has 0 bridgehead atoms. The first-order valence-corrected chi connectivity index (χ1v) is 12.2. The highest BCUT2D eigenvalue weighted by Crippen LogP contribution is 2.26. The lowest BCUT2D eigenvalue weighted by Crippen LogP contribution is -2.40. The number of hydrogen-bond acceptors (Lipinski definition) is 4. The van der Waals surface area contributed by atoms with E-state index in [1.165, 1.54) is 12.1 Å². The van der Waals surface area contributed by atoms with Crippen LogP contribution in [0.3, 0.4) is 0 Å². The summed E-state index contributed by atoms with van der Waals surface area (Å²) in [6.07, 6.45) is 1.95. The van der Waals surface area contributed by atoms with Gasteiger partial charge < -0.3 is 10.2 Å². The van der Waals surface area contributed by atoms with E-state index < -0.39 is 21.5 Å². The van der Waals surface area contributed by atoms with Gasteiger partial charge in [0.25, 0.3) is 11.8 Å². The number of hydrogen-bond donors (Lipinski definition) is 2. The van der Waals surface area contributed by atoms with Crippen molar-refractivity contribution in [3.8, 4) is 0 Å². The molecule has 7 nitrogen and oxygen atoms in total. The second-order valence-corrected chi connectivity index (χ2v) is 11.0. The van der Waals surface area contributed by atoms with E-state index in [2.05, 4.69) is 10.0 Å². The zero-order valence-corrected chi connectivity index (χ0v) is 20.1. The van der Waals surface area contributed by atoms with Gasteiger partial charge in [-0.05, 0) is 76.8 Å². The molecule has 2 aromatic rings. The minimum atomic E-state index is -3.80. The molecule has 2 amide bonds. The van der Waals surface area contributed by atoms with Crippen LogP contribution in [0.2, 0.25) is 0 Å². The van der Waals surface area contributed by atoms with Gasteiger partial charge in [0.2, 0.25) is 10.0 Å². The Morgan fingerprint density at radius 2 is 1.59 bits per heavy atom. The number of sulfonamides is 1. The van der Waals surface area contributed by atoms with E-state index in [9.17, 15) is 18.0 Å². The molecule has 172 valence electrons. The lowest BCUT2D eigenvalue weighted by molar-refractivity contribution is 0.0793. The first-order chi connectivity index (χ1) is 14.9. The fourth-order valence-electron chi connectivity index (χ4n) is 3.76. The van der Waals surface area contributed by atoms with Crippen LogP contribution in [0.25, 0.3) is 0 Å². The Hall–Kier alpha value is -2.71.